The summed E-state index contributed by atoms with van der Waals surface area (Å²) in [6.45, 7) is 8.85. The van der Waals surface area contributed by atoms with Crippen LogP contribution < -0.4 is 5.84 Å². The molecule has 0 atom stereocenters. The zero-order chi connectivity index (χ0) is 9.78. The number of nitrogens with two attached hydrogens (primary N) is 1. The van der Waals surface area contributed by atoms with Crippen molar-refractivity contribution in [1.82, 2.24) is 5.01 Å². The Morgan fingerprint density at radius 1 is 1.42 bits per heavy atom. The Kier molecular flexibility index (Phi) is 4.32. The first-order chi connectivity index (χ1) is 5.38. The molecule has 0 unspecified atom stereocenters. The first-order valence-electron chi connectivity index (χ1n) is 4.56. The predicted octanol–water partition coefficient (Wildman–Crippen LogP) is 2.52. The van der Waals surface area contributed by atoms with Gasteiger partial charge in [0.15, 0.2) is 0 Å². The molecule has 0 aromatic rings. The van der Waals surface area contributed by atoms with Crippen LogP contribution in [0.15, 0.2) is 11.8 Å². The van der Waals surface area contributed by atoms with Crippen molar-refractivity contribution in [2.45, 2.75) is 40.5 Å². The number of hydrazine groups is 1. The normalized spacial score (nSPS) is 13.3. The van der Waals surface area contributed by atoms with Gasteiger partial charge in [0.25, 0.3) is 0 Å². The molecule has 0 bridgehead atoms. The first-order valence-corrected chi connectivity index (χ1v) is 4.56. The molecule has 0 rings (SSSR count). The summed E-state index contributed by atoms with van der Waals surface area (Å²) in [5.41, 5.74) is 1.65. The minimum atomic E-state index is 0.240. The molecule has 0 fully saturated rings. The van der Waals surface area contributed by atoms with Crippen molar-refractivity contribution in [3.8, 4) is 0 Å². The van der Waals surface area contributed by atoms with Gasteiger partial charge < -0.3 is 5.01 Å². The Morgan fingerprint density at radius 2 is 1.92 bits per heavy atom. The lowest BCUT2D eigenvalue weighted by Crippen LogP contribution is -2.22. The van der Waals surface area contributed by atoms with Gasteiger partial charge >= 0.3 is 0 Å². The molecule has 0 amide bonds. The Hall–Kier alpha value is -0.500. The van der Waals surface area contributed by atoms with E-state index in [1.807, 2.05) is 13.2 Å². The van der Waals surface area contributed by atoms with Gasteiger partial charge in [-0.25, -0.2) is 5.84 Å². The van der Waals surface area contributed by atoms with Crippen LogP contribution in [0.5, 0.6) is 0 Å². The molecule has 0 radical (unpaired) electrons. The van der Waals surface area contributed by atoms with E-state index in [1.54, 1.807) is 5.01 Å². The molecule has 0 aromatic heterocycles. The summed E-state index contributed by atoms with van der Waals surface area (Å²) in [7, 11) is 1.86. The maximum Gasteiger partial charge on any atom is 0.0222 e. The zero-order valence-electron chi connectivity index (χ0n) is 9.02. The standard InChI is InChI=1S/C10H22N2/c1-6-7-9(8-12(5)11)10(2,3)4/h8H,6-7,11H2,1-5H3/b9-8+. The van der Waals surface area contributed by atoms with Crippen molar-refractivity contribution in [2.75, 3.05) is 7.05 Å². The molecule has 2 nitrogen and oxygen atoms in total. The van der Waals surface area contributed by atoms with Gasteiger partial charge in [0.05, 0.1) is 0 Å². The third-order valence-corrected chi connectivity index (χ3v) is 1.84. The van der Waals surface area contributed by atoms with Crippen LogP contribution in [0.4, 0.5) is 0 Å². The SMILES string of the molecule is CCC/C(=C\N(C)N)C(C)(C)C. The van der Waals surface area contributed by atoms with Crippen molar-refractivity contribution >= 4 is 0 Å². The topological polar surface area (TPSA) is 29.3 Å². The number of hydrogen-bond acceptors (Lipinski definition) is 2. The minimum Gasteiger partial charge on any atom is -0.321 e. The predicted molar refractivity (Wildman–Crippen MR) is 54.4 cm³/mol. The highest BCUT2D eigenvalue weighted by atomic mass is 15.4. The van der Waals surface area contributed by atoms with Crippen LogP contribution in [0.25, 0.3) is 0 Å². The second-order valence-electron chi connectivity index (χ2n) is 4.32. The number of allylic oxidation sites excluding steroid dienone is 1. The lowest BCUT2D eigenvalue weighted by molar-refractivity contribution is 0.427. The van der Waals surface area contributed by atoms with E-state index in [-0.39, 0.29) is 5.41 Å². The summed E-state index contributed by atoms with van der Waals surface area (Å²) >= 11 is 0. The van der Waals surface area contributed by atoms with Crippen molar-refractivity contribution in [3.05, 3.63) is 11.8 Å². The zero-order valence-corrected chi connectivity index (χ0v) is 9.02. The average Bonchev–Trinajstić information content (AvgIpc) is 1.83. The minimum absolute atomic E-state index is 0.240. The van der Waals surface area contributed by atoms with E-state index < -0.39 is 0 Å². The quantitative estimate of drug-likeness (QED) is 0.521. The van der Waals surface area contributed by atoms with Gasteiger partial charge in [-0.1, -0.05) is 34.1 Å². The van der Waals surface area contributed by atoms with Gasteiger partial charge in [-0.2, -0.15) is 0 Å². The molecular formula is C10H22N2. The molecular weight excluding hydrogens is 148 g/mol. The van der Waals surface area contributed by atoms with Gasteiger partial charge in [0.1, 0.15) is 0 Å². The molecule has 0 aliphatic carbocycles. The third kappa shape index (κ3) is 4.39. The van der Waals surface area contributed by atoms with Crippen LogP contribution in [0.1, 0.15) is 40.5 Å². The largest absolute Gasteiger partial charge is 0.321 e. The molecule has 0 aliphatic rings. The number of nitrogens with zero attached hydrogens (tertiary/aromatic N) is 1. The number of hydrogen-bond donors (Lipinski definition) is 1. The van der Waals surface area contributed by atoms with Crippen LogP contribution in [0.3, 0.4) is 0 Å². The van der Waals surface area contributed by atoms with E-state index >= 15 is 0 Å². The van der Waals surface area contributed by atoms with E-state index in [2.05, 4.69) is 27.7 Å². The van der Waals surface area contributed by atoms with Crippen molar-refractivity contribution in [2.24, 2.45) is 11.3 Å². The highest BCUT2D eigenvalue weighted by Crippen LogP contribution is 2.28. The highest BCUT2D eigenvalue weighted by Gasteiger charge is 2.15. The van der Waals surface area contributed by atoms with Gasteiger partial charge in [-0.3, -0.25) is 0 Å². The molecule has 2 heteroatoms. The molecule has 0 saturated heterocycles. The Labute approximate surface area is 76.4 Å². The summed E-state index contributed by atoms with van der Waals surface area (Å²) in [6.07, 6.45) is 4.34. The van der Waals surface area contributed by atoms with Crippen molar-refractivity contribution < 1.29 is 0 Å². The van der Waals surface area contributed by atoms with Crippen LogP contribution in [-0.2, 0) is 0 Å². The maximum absolute atomic E-state index is 5.58. The first kappa shape index (κ1) is 11.5. The fourth-order valence-corrected chi connectivity index (χ4v) is 1.15. The molecule has 0 saturated carbocycles. The number of rotatable bonds is 3. The van der Waals surface area contributed by atoms with Gasteiger partial charge in [-0.15, -0.1) is 0 Å². The second-order valence-corrected chi connectivity index (χ2v) is 4.32. The molecule has 0 spiro atoms. The van der Waals surface area contributed by atoms with E-state index in [9.17, 15) is 0 Å². The van der Waals surface area contributed by atoms with Gasteiger partial charge in [0, 0.05) is 13.2 Å². The van der Waals surface area contributed by atoms with E-state index in [4.69, 9.17) is 5.84 Å². The van der Waals surface area contributed by atoms with Crippen LogP contribution in [0, 0.1) is 5.41 Å². The molecule has 72 valence electrons. The fraction of sp³-hybridized carbons (Fsp3) is 0.800. The maximum atomic E-state index is 5.58. The molecule has 12 heavy (non-hydrogen) atoms. The van der Waals surface area contributed by atoms with Crippen molar-refractivity contribution in [1.29, 1.82) is 0 Å². The smallest absolute Gasteiger partial charge is 0.0222 e. The third-order valence-electron chi connectivity index (χ3n) is 1.84. The lowest BCUT2D eigenvalue weighted by atomic mass is 9.84. The van der Waals surface area contributed by atoms with E-state index in [1.165, 1.54) is 12.0 Å². The van der Waals surface area contributed by atoms with Crippen molar-refractivity contribution in [3.63, 3.8) is 0 Å². The summed E-state index contributed by atoms with van der Waals surface area (Å²) in [5, 5.41) is 1.64. The van der Waals surface area contributed by atoms with Gasteiger partial charge in [-0.05, 0) is 17.4 Å². The van der Waals surface area contributed by atoms with Crippen LogP contribution in [-0.4, -0.2) is 12.1 Å². The van der Waals surface area contributed by atoms with Crippen LogP contribution >= 0.6 is 0 Å². The second kappa shape index (κ2) is 4.51. The van der Waals surface area contributed by atoms with E-state index in [0.717, 1.165) is 6.42 Å². The fourth-order valence-electron chi connectivity index (χ4n) is 1.15. The van der Waals surface area contributed by atoms with Gasteiger partial charge in [0.2, 0.25) is 0 Å². The summed E-state index contributed by atoms with van der Waals surface area (Å²) in [5.74, 6) is 5.58. The summed E-state index contributed by atoms with van der Waals surface area (Å²) in [6, 6.07) is 0. The molecule has 0 heterocycles. The average molecular weight is 170 g/mol. The Morgan fingerprint density at radius 3 is 2.17 bits per heavy atom. The monoisotopic (exact) mass is 170 g/mol. The Bertz CT molecular complexity index is 152. The molecule has 2 N–H and O–H groups in total. The van der Waals surface area contributed by atoms with Crippen LogP contribution in [0.2, 0.25) is 0 Å². The summed E-state index contributed by atoms with van der Waals surface area (Å²) in [4.78, 5) is 0. The summed E-state index contributed by atoms with van der Waals surface area (Å²) < 4.78 is 0. The molecule has 0 aliphatic heterocycles. The molecule has 0 aromatic carbocycles. The highest BCUT2D eigenvalue weighted by molar-refractivity contribution is 5.09. The lowest BCUT2D eigenvalue weighted by Gasteiger charge is -2.24. The van der Waals surface area contributed by atoms with E-state index in [0.29, 0.717) is 0 Å². The Balaban J connectivity index is 4.44.